The van der Waals surface area contributed by atoms with Crippen molar-refractivity contribution < 1.29 is 22.4 Å². The van der Waals surface area contributed by atoms with Crippen LogP contribution in [0.15, 0.2) is 16.7 Å². The number of aryl methyl sites for hydroxylation is 2. The van der Waals surface area contributed by atoms with E-state index in [4.69, 9.17) is 14.2 Å². The van der Waals surface area contributed by atoms with E-state index in [1.165, 1.54) is 12.1 Å². The first-order chi connectivity index (χ1) is 17.2. The Hall–Kier alpha value is -3.23. The van der Waals surface area contributed by atoms with Crippen molar-refractivity contribution in [3.63, 3.8) is 0 Å². The minimum atomic E-state index is -4.39. The number of piperidine rings is 1. The number of hydrogen-bond donors (Lipinski definition) is 1. The predicted octanol–water partition coefficient (Wildman–Crippen LogP) is 4.23. The highest BCUT2D eigenvalue weighted by Gasteiger charge is 2.31. The molecule has 1 N–H and O–H groups in total. The molecule has 36 heavy (non-hydrogen) atoms. The fourth-order valence-corrected chi connectivity index (χ4v) is 5.12. The number of aromatic nitrogens is 3. The molecule has 11 heteroatoms. The molecule has 0 amide bonds. The Labute approximate surface area is 206 Å². The second kappa shape index (κ2) is 9.67. The Balaban J connectivity index is 1.55. The number of anilines is 1. The van der Waals surface area contributed by atoms with E-state index < -0.39 is 12.6 Å². The highest BCUT2D eigenvalue weighted by atomic mass is 19.4. The standard InChI is InChI=1S/C25H27F3N6O2/c1-14-20-10-16(11-25(26,27)28)9-17(12-29)22(20)32-23(21(14)24-30-15(2)33-36-24)34-6-3-18(4-7-34)31-19-5-8-35-13-19/h9-10,18-19,31H,3-8,11,13H2,1-2H3/t19-/m1/s1. The molecule has 0 aliphatic carbocycles. The molecule has 0 unspecified atom stereocenters. The average molecular weight is 501 g/mol. The van der Waals surface area contributed by atoms with E-state index in [0.717, 1.165) is 45.6 Å². The zero-order valence-corrected chi connectivity index (χ0v) is 20.2. The van der Waals surface area contributed by atoms with Gasteiger partial charge >= 0.3 is 6.18 Å². The van der Waals surface area contributed by atoms with Crippen LogP contribution < -0.4 is 10.2 Å². The number of benzene rings is 1. The van der Waals surface area contributed by atoms with Crippen molar-refractivity contribution in [1.29, 1.82) is 5.26 Å². The number of halogens is 3. The SMILES string of the molecule is Cc1noc(-c2c(N3CCC(N[C@@H]4CCOC4)CC3)nc3c(C#N)cc(CC(F)(F)F)cc3c2C)n1. The van der Waals surface area contributed by atoms with Crippen LogP contribution in [0.2, 0.25) is 0 Å². The van der Waals surface area contributed by atoms with Crippen molar-refractivity contribution in [3.8, 4) is 17.5 Å². The Morgan fingerprint density at radius 3 is 2.53 bits per heavy atom. The van der Waals surface area contributed by atoms with Crippen molar-refractivity contribution in [2.75, 3.05) is 31.2 Å². The normalized spacial score (nSPS) is 19.2. The van der Waals surface area contributed by atoms with Crippen LogP contribution >= 0.6 is 0 Å². The van der Waals surface area contributed by atoms with E-state index in [2.05, 4.69) is 20.4 Å². The number of fused-ring (bicyclic) bond motifs is 1. The first kappa shape index (κ1) is 24.5. The summed E-state index contributed by atoms with van der Waals surface area (Å²) < 4.78 is 50.4. The minimum Gasteiger partial charge on any atom is -0.380 e. The maximum Gasteiger partial charge on any atom is 0.393 e. The molecule has 0 spiro atoms. The predicted molar refractivity (Wildman–Crippen MR) is 127 cm³/mol. The topological polar surface area (TPSA) is 100 Å². The molecule has 2 aliphatic heterocycles. The monoisotopic (exact) mass is 500 g/mol. The molecule has 2 aromatic heterocycles. The van der Waals surface area contributed by atoms with Crippen LogP contribution in [-0.2, 0) is 11.2 Å². The van der Waals surface area contributed by atoms with Crippen molar-refractivity contribution in [2.45, 2.75) is 57.8 Å². The van der Waals surface area contributed by atoms with Crippen LogP contribution in [-0.4, -0.2) is 59.7 Å². The lowest BCUT2D eigenvalue weighted by Gasteiger charge is -2.35. The first-order valence-electron chi connectivity index (χ1n) is 12.1. The van der Waals surface area contributed by atoms with Crippen LogP contribution in [0.3, 0.4) is 0 Å². The van der Waals surface area contributed by atoms with Gasteiger partial charge in [0.05, 0.1) is 29.7 Å². The second-order valence-corrected chi connectivity index (χ2v) is 9.51. The number of rotatable bonds is 5. The Kier molecular flexibility index (Phi) is 6.57. The minimum absolute atomic E-state index is 0.0136. The Morgan fingerprint density at radius 1 is 1.14 bits per heavy atom. The van der Waals surface area contributed by atoms with Gasteiger partial charge in [0.1, 0.15) is 11.9 Å². The van der Waals surface area contributed by atoms with E-state index in [0.29, 0.717) is 45.8 Å². The smallest absolute Gasteiger partial charge is 0.380 e. The van der Waals surface area contributed by atoms with Crippen molar-refractivity contribution in [3.05, 3.63) is 34.6 Å². The number of nitriles is 1. The second-order valence-electron chi connectivity index (χ2n) is 9.51. The molecule has 2 fully saturated rings. The lowest BCUT2D eigenvalue weighted by Crippen LogP contribution is -2.46. The van der Waals surface area contributed by atoms with Gasteiger partial charge in [-0.3, -0.25) is 0 Å². The largest absolute Gasteiger partial charge is 0.393 e. The number of nitrogens with one attached hydrogen (secondary N) is 1. The van der Waals surface area contributed by atoms with Gasteiger partial charge in [0.15, 0.2) is 5.82 Å². The lowest BCUT2D eigenvalue weighted by molar-refractivity contribution is -0.127. The summed E-state index contributed by atoms with van der Waals surface area (Å²) >= 11 is 0. The fourth-order valence-electron chi connectivity index (χ4n) is 5.12. The number of ether oxygens (including phenoxy) is 1. The molecule has 1 atom stereocenters. The van der Waals surface area contributed by atoms with Crippen molar-refractivity contribution in [2.24, 2.45) is 0 Å². The van der Waals surface area contributed by atoms with Crippen LogP contribution in [0.1, 0.15) is 41.8 Å². The average Bonchev–Trinajstić information content (AvgIpc) is 3.50. The zero-order valence-electron chi connectivity index (χ0n) is 20.2. The molecular weight excluding hydrogens is 473 g/mol. The third kappa shape index (κ3) is 5.01. The highest BCUT2D eigenvalue weighted by molar-refractivity contribution is 5.95. The molecular formula is C25H27F3N6O2. The number of alkyl halides is 3. The fraction of sp³-hybridized carbons (Fsp3) is 0.520. The molecule has 0 saturated carbocycles. The summed E-state index contributed by atoms with van der Waals surface area (Å²) in [4.78, 5) is 11.4. The molecule has 5 rings (SSSR count). The van der Waals surface area contributed by atoms with Crippen molar-refractivity contribution in [1.82, 2.24) is 20.4 Å². The Morgan fingerprint density at radius 2 is 1.92 bits per heavy atom. The third-order valence-electron chi connectivity index (χ3n) is 6.85. The summed E-state index contributed by atoms with van der Waals surface area (Å²) in [7, 11) is 0. The molecule has 190 valence electrons. The molecule has 2 saturated heterocycles. The van der Waals surface area contributed by atoms with Gasteiger partial charge in [-0.25, -0.2) is 4.98 Å². The summed E-state index contributed by atoms with van der Waals surface area (Å²) in [6, 6.07) is 5.53. The Bertz CT molecular complexity index is 1300. The van der Waals surface area contributed by atoms with Crippen LogP contribution in [0, 0.1) is 25.2 Å². The molecule has 4 heterocycles. The van der Waals surface area contributed by atoms with E-state index >= 15 is 0 Å². The molecule has 1 aromatic carbocycles. The summed E-state index contributed by atoms with van der Waals surface area (Å²) in [5.74, 6) is 1.31. The first-order valence-corrected chi connectivity index (χ1v) is 12.1. The molecule has 0 bridgehead atoms. The number of nitrogens with zero attached hydrogens (tertiary/aromatic N) is 5. The quantitative estimate of drug-likeness (QED) is 0.556. The number of hydrogen-bond acceptors (Lipinski definition) is 8. The van der Waals surface area contributed by atoms with Gasteiger partial charge in [-0.05, 0) is 56.4 Å². The van der Waals surface area contributed by atoms with Crippen LogP contribution in [0.4, 0.5) is 19.0 Å². The molecule has 3 aromatic rings. The van der Waals surface area contributed by atoms with E-state index in [1.54, 1.807) is 13.8 Å². The number of pyridine rings is 1. The van der Waals surface area contributed by atoms with Gasteiger partial charge in [0.2, 0.25) is 0 Å². The van der Waals surface area contributed by atoms with Gasteiger partial charge in [-0.2, -0.15) is 23.4 Å². The van der Waals surface area contributed by atoms with Gasteiger partial charge in [0, 0.05) is 37.2 Å². The maximum absolute atomic E-state index is 13.1. The summed E-state index contributed by atoms with van der Waals surface area (Å²) in [6.07, 6.45) is -2.71. The van der Waals surface area contributed by atoms with Gasteiger partial charge < -0.3 is 19.5 Å². The molecule has 0 radical (unpaired) electrons. The zero-order chi connectivity index (χ0) is 25.4. The van der Waals surface area contributed by atoms with Crippen LogP contribution in [0.5, 0.6) is 0 Å². The van der Waals surface area contributed by atoms with Crippen LogP contribution in [0.25, 0.3) is 22.4 Å². The molecule has 8 nitrogen and oxygen atoms in total. The maximum atomic E-state index is 13.1. The third-order valence-corrected chi connectivity index (χ3v) is 6.85. The summed E-state index contributed by atoms with van der Waals surface area (Å²) in [6.45, 7) is 6.47. The highest BCUT2D eigenvalue weighted by Crippen LogP contribution is 2.39. The van der Waals surface area contributed by atoms with Crippen molar-refractivity contribution >= 4 is 16.7 Å². The van der Waals surface area contributed by atoms with Gasteiger partial charge in [0.25, 0.3) is 5.89 Å². The van der Waals surface area contributed by atoms with E-state index in [9.17, 15) is 18.4 Å². The molecule has 2 aliphatic rings. The van der Waals surface area contributed by atoms with Gasteiger partial charge in [-0.1, -0.05) is 5.16 Å². The van der Waals surface area contributed by atoms with E-state index in [-0.39, 0.29) is 17.0 Å². The summed E-state index contributed by atoms with van der Waals surface area (Å²) in [5.41, 5.74) is 1.75. The lowest BCUT2D eigenvalue weighted by atomic mass is 9.96. The van der Waals surface area contributed by atoms with E-state index in [1.807, 2.05) is 6.07 Å². The van der Waals surface area contributed by atoms with Gasteiger partial charge in [-0.15, -0.1) is 0 Å². The summed E-state index contributed by atoms with van der Waals surface area (Å²) in [5, 5.41) is 17.8.